The van der Waals surface area contributed by atoms with Gasteiger partial charge < -0.3 is 34.3 Å². The zero-order valence-electron chi connectivity index (χ0n) is 26.4. The first-order chi connectivity index (χ1) is 21.1. The highest BCUT2D eigenvalue weighted by Gasteiger charge is 2.49. The van der Waals surface area contributed by atoms with Crippen LogP contribution in [0.5, 0.6) is 0 Å². The van der Waals surface area contributed by atoms with Crippen LogP contribution in [0.15, 0.2) is 72.4 Å². The molecule has 0 aromatic carbocycles. The van der Waals surface area contributed by atoms with E-state index in [0.717, 1.165) is 5.57 Å². The number of fused-ring (bicyclic) bond motifs is 4. The summed E-state index contributed by atoms with van der Waals surface area (Å²) in [7, 11) is 0. The summed E-state index contributed by atoms with van der Waals surface area (Å²) < 4.78 is 23.4. The minimum absolute atomic E-state index is 0.0163. The van der Waals surface area contributed by atoms with Gasteiger partial charge in [0.15, 0.2) is 6.10 Å². The molecule has 2 saturated heterocycles. The molecule has 0 spiro atoms. The Morgan fingerprint density at radius 1 is 1.16 bits per heavy atom. The average Bonchev–Trinajstić information content (AvgIpc) is 2.98. The lowest BCUT2D eigenvalue weighted by atomic mass is 9.73. The van der Waals surface area contributed by atoms with Crippen molar-refractivity contribution in [1.29, 1.82) is 0 Å². The third-order valence-corrected chi connectivity index (χ3v) is 8.58. The maximum absolute atomic E-state index is 12.9. The molecule has 4 bridgehead atoms. The van der Waals surface area contributed by atoms with E-state index in [1.54, 1.807) is 31.2 Å². The molecule has 0 aromatic rings. The maximum atomic E-state index is 12.9. The standard InChI is InChI=1S/C35H50O9/c1-5-41-34(40)28(37)17-12-13-18-31-35(4,23-36)32-22-27(43-31)16-9-6-8-14-24(2)20-30-25(3)29(38)21-26(42-30)15-10-7-11-19-33(39)44-32/h7-14,16,19-20,25-32,36-38H,5-6,15,17-18,21-23H2,1-4H3/b10-7+,13-12-,14-8+,16-9+,19-11+,24-20-/t25-,26+,27-,28+,29+,30-,31+,32-,35+/m1/s1. The first kappa shape index (κ1) is 35.7. The van der Waals surface area contributed by atoms with E-state index in [1.165, 1.54) is 6.08 Å². The van der Waals surface area contributed by atoms with Crippen LogP contribution in [0.2, 0.25) is 0 Å². The zero-order valence-corrected chi connectivity index (χ0v) is 26.4. The second-order valence-corrected chi connectivity index (χ2v) is 12.1. The van der Waals surface area contributed by atoms with E-state index < -0.39 is 41.8 Å². The fraction of sp³-hybridized carbons (Fsp3) is 0.600. The molecule has 9 nitrogen and oxygen atoms in total. The quantitative estimate of drug-likeness (QED) is 0.281. The topological polar surface area (TPSA) is 132 Å². The van der Waals surface area contributed by atoms with E-state index in [9.17, 15) is 24.9 Å². The van der Waals surface area contributed by atoms with Crippen molar-refractivity contribution in [3.8, 4) is 0 Å². The Labute approximate surface area is 261 Å². The Morgan fingerprint density at radius 3 is 2.70 bits per heavy atom. The summed E-state index contributed by atoms with van der Waals surface area (Å²) in [5.74, 6) is -1.21. The predicted octanol–water partition coefficient (Wildman–Crippen LogP) is 4.43. The lowest BCUT2D eigenvalue weighted by Gasteiger charge is -2.47. The summed E-state index contributed by atoms with van der Waals surface area (Å²) in [5, 5.41) is 31.1. The Morgan fingerprint density at radius 2 is 1.95 bits per heavy atom. The van der Waals surface area contributed by atoms with Gasteiger partial charge in [-0.2, -0.15) is 0 Å². The van der Waals surface area contributed by atoms with Crippen LogP contribution in [0.1, 0.15) is 66.2 Å². The van der Waals surface area contributed by atoms with Gasteiger partial charge in [0, 0.05) is 31.3 Å². The lowest BCUT2D eigenvalue weighted by Crippen LogP contribution is -2.55. The van der Waals surface area contributed by atoms with Crippen molar-refractivity contribution in [3.05, 3.63) is 72.4 Å². The van der Waals surface area contributed by atoms with Gasteiger partial charge >= 0.3 is 11.9 Å². The minimum atomic E-state index is -1.25. The van der Waals surface area contributed by atoms with E-state index in [-0.39, 0.29) is 43.9 Å². The monoisotopic (exact) mass is 614 g/mol. The van der Waals surface area contributed by atoms with Gasteiger partial charge in [0.25, 0.3) is 0 Å². The lowest BCUT2D eigenvalue weighted by molar-refractivity contribution is -0.198. The predicted molar refractivity (Wildman–Crippen MR) is 167 cm³/mol. The van der Waals surface area contributed by atoms with Crippen LogP contribution in [-0.4, -0.2) is 83.2 Å². The molecule has 9 heteroatoms. The summed E-state index contributed by atoms with van der Waals surface area (Å²) in [5.41, 5.74) is 0.162. The Hall–Kier alpha value is -2.82. The number of esters is 2. The van der Waals surface area contributed by atoms with E-state index >= 15 is 0 Å². The maximum Gasteiger partial charge on any atom is 0.335 e. The van der Waals surface area contributed by atoms with Crippen LogP contribution in [0.3, 0.4) is 0 Å². The van der Waals surface area contributed by atoms with Crippen molar-refractivity contribution < 1.29 is 43.9 Å². The van der Waals surface area contributed by atoms with Gasteiger partial charge in [-0.25, -0.2) is 9.59 Å². The van der Waals surface area contributed by atoms with Crippen LogP contribution in [0, 0.1) is 11.3 Å². The van der Waals surface area contributed by atoms with Crippen LogP contribution < -0.4 is 0 Å². The summed E-state index contributed by atoms with van der Waals surface area (Å²) in [6.07, 6.45) is 19.4. The number of carbonyl (C=O) groups is 2. The Balaban J connectivity index is 1.80. The van der Waals surface area contributed by atoms with Crippen molar-refractivity contribution in [1.82, 2.24) is 0 Å². The molecule has 3 aliphatic heterocycles. The fourth-order valence-corrected chi connectivity index (χ4v) is 5.67. The molecule has 0 unspecified atom stereocenters. The van der Waals surface area contributed by atoms with Gasteiger partial charge in [0.1, 0.15) is 6.10 Å². The smallest absolute Gasteiger partial charge is 0.335 e. The second-order valence-electron chi connectivity index (χ2n) is 12.1. The molecule has 3 heterocycles. The molecule has 0 aliphatic carbocycles. The molecule has 0 radical (unpaired) electrons. The molecule has 2 fully saturated rings. The Bertz CT molecular complexity index is 1120. The van der Waals surface area contributed by atoms with Gasteiger partial charge in [0.2, 0.25) is 0 Å². The first-order valence-corrected chi connectivity index (χ1v) is 15.7. The highest BCUT2D eigenvalue weighted by Crippen LogP contribution is 2.41. The number of rotatable bonds is 7. The summed E-state index contributed by atoms with van der Waals surface area (Å²) in [4.78, 5) is 24.6. The third-order valence-electron chi connectivity index (χ3n) is 8.58. The zero-order chi connectivity index (χ0) is 32.1. The molecular weight excluding hydrogens is 564 g/mol. The van der Waals surface area contributed by atoms with E-state index in [0.29, 0.717) is 32.1 Å². The molecule has 9 atom stereocenters. The number of allylic oxidation sites excluding steroid dienone is 6. The third kappa shape index (κ3) is 10.4. The molecule has 0 saturated carbocycles. The largest absolute Gasteiger partial charge is 0.464 e. The van der Waals surface area contributed by atoms with E-state index in [1.807, 2.05) is 51.2 Å². The van der Waals surface area contributed by atoms with E-state index in [4.69, 9.17) is 18.9 Å². The highest BCUT2D eigenvalue weighted by atomic mass is 16.6. The van der Waals surface area contributed by atoms with Crippen LogP contribution >= 0.6 is 0 Å². The molecule has 0 aromatic heterocycles. The van der Waals surface area contributed by atoms with Crippen molar-refractivity contribution >= 4 is 11.9 Å². The van der Waals surface area contributed by atoms with Crippen LogP contribution in [0.4, 0.5) is 0 Å². The number of aliphatic hydroxyl groups is 3. The Kier molecular flexibility index (Phi) is 14.3. The number of ether oxygens (including phenoxy) is 4. The number of hydrogen-bond donors (Lipinski definition) is 3. The summed E-state index contributed by atoms with van der Waals surface area (Å²) >= 11 is 0. The summed E-state index contributed by atoms with van der Waals surface area (Å²) in [6, 6.07) is 0. The minimum Gasteiger partial charge on any atom is -0.464 e. The molecule has 3 rings (SSSR count). The number of carbonyl (C=O) groups excluding carboxylic acids is 2. The average molecular weight is 615 g/mol. The van der Waals surface area contributed by atoms with Crippen molar-refractivity contribution in [2.45, 2.75) is 109 Å². The highest BCUT2D eigenvalue weighted by molar-refractivity contribution is 5.82. The van der Waals surface area contributed by atoms with Crippen LogP contribution in [-0.2, 0) is 28.5 Å². The number of hydrogen-bond acceptors (Lipinski definition) is 9. The van der Waals surface area contributed by atoms with Gasteiger partial charge in [-0.05, 0) is 33.1 Å². The van der Waals surface area contributed by atoms with E-state index in [2.05, 4.69) is 6.08 Å². The fourth-order valence-electron chi connectivity index (χ4n) is 5.67. The van der Waals surface area contributed by atoms with Gasteiger partial charge in [-0.3, -0.25) is 0 Å². The van der Waals surface area contributed by atoms with Gasteiger partial charge in [-0.15, -0.1) is 0 Å². The van der Waals surface area contributed by atoms with Crippen molar-refractivity contribution in [2.24, 2.45) is 11.3 Å². The molecular formula is C35H50O9. The molecule has 3 aliphatic rings. The van der Waals surface area contributed by atoms with Gasteiger partial charge in [0.05, 0.1) is 49.1 Å². The van der Waals surface area contributed by atoms with Crippen molar-refractivity contribution in [3.63, 3.8) is 0 Å². The van der Waals surface area contributed by atoms with Crippen molar-refractivity contribution in [2.75, 3.05) is 13.2 Å². The molecule has 0 amide bonds. The summed E-state index contributed by atoms with van der Waals surface area (Å²) in [6.45, 7) is 7.46. The van der Waals surface area contributed by atoms with Crippen LogP contribution in [0.25, 0.3) is 0 Å². The molecule has 3 N–H and O–H groups in total. The SMILES string of the molecule is CCOC(=O)[C@@H](O)C/C=C\C[C@@H]1O[C@@H]2/C=C/C/C=C/C(C)=C\[C@H]3O[C@@H](C/C=C/C=C/C(=O)O[C@H](C2)[C@@]1(C)CO)C[C@H](O)[C@H]3C. The molecule has 44 heavy (non-hydrogen) atoms. The normalized spacial score (nSPS) is 38.4. The second kappa shape index (κ2) is 17.6. The van der Waals surface area contributed by atoms with Gasteiger partial charge in [-0.1, -0.05) is 80.2 Å². The number of aliphatic hydroxyl groups excluding tert-OH is 3. The molecule has 244 valence electrons. The first-order valence-electron chi connectivity index (χ1n) is 15.7.